The van der Waals surface area contributed by atoms with Gasteiger partial charge in [0.05, 0.1) is 12.3 Å². The monoisotopic (exact) mass is 258 g/mol. The third-order valence-corrected chi connectivity index (χ3v) is 4.71. The molecule has 7 heteroatoms. The molecule has 1 aromatic heterocycles. The molecular formula is C10H18N4O2S. The first kappa shape index (κ1) is 12.5. The molecule has 0 aliphatic carbocycles. The van der Waals surface area contributed by atoms with Gasteiger partial charge in [-0.05, 0) is 6.54 Å². The van der Waals surface area contributed by atoms with Crippen molar-refractivity contribution >= 4 is 10.0 Å². The maximum absolute atomic E-state index is 12.0. The van der Waals surface area contributed by atoms with E-state index in [2.05, 4.69) is 10.3 Å². The Hall–Kier alpha value is -0.920. The van der Waals surface area contributed by atoms with Gasteiger partial charge in [0.25, 0.3) is 0 Å². The summed E-state index contributed by atoms with van der Waals surface area (Å²) in [6.07, 6.45) is 3.60. The molecule has 0 atom stereocenters. The maximum Gasteiger partial charge on any atom is 0.215 e. The van der Waals surface area contributed by atoms with Crippen molar-refractivity contribution in [3.05, 3.63) is 18.2 Å². The molecule has 0 fully saturated rings. The van der Waals surface area contributed by atoms with E-state index in [0.29, 0.717) is 26.2 Å². The molecule has 0 aromatic carbocycles. The highest BCUT2D eigenvalue weighted by Crippen LogP contribution is 2.14. The Morgan fingerprint density at radius 2 is 2.29 bits per heavy atom. The Balaban J connectivity index is 2.00. The van der Waals surface area contributed by atoms with E-state index in [1.165, 1.54) is 4.31 Å². The van der Waals surface area contributed by atoms with Gasteiger partial charge in [-0.2, -0.15) is 4.31 Å². The molecule has 0 saturated carbocycles. The molecule has 1 N–H and O–H groups in total. The van der Waals surface area contributed by atoms with Crippen molar-refractivity contribution in [2.75, 3.05) is 25.4 Å². The van der Waals surface area contributed by atoms with Crippen molar-refractivity contribution in [2.45, 2.75) is 20.0 Å². The van der Waals surface area contributed by atoms with Crippen LogP contribution in [0.5, 0.6) is 0 Å². The molecule has 17 heavy (non-hydrogen) atoms. The van der Waals surface area contributed by atoms with Gasteiger partial charge in [-0.3, -0.25) is 0 Å². The minimum absolute atomic E-state index is 0.154. The fraction of sp³-hybridized carbons (Fsp3) is 0.700. The molecule has 0 bridgehead atoms. The van der Waals surface area contributed by atoms with Gasteiger partial charge in [0, 0.05) is 32.0 Å². The first-order valence-electron chi connectivity index (χ1n) is 5.82. The lowest BCUT2D eigenvalue weighted by molar-refractivity contribution is 0.335. The van der Waals surface area contributed by atoms with Crippen molar-refractivity contribution in [3.63, 3.8) is 0 Å². The van der Waals surface area contributed by atoms with Crippen LogP contribution < -0.4 is 5.32 Å². The molecule has 1 aromatic rings. The molecule has 6 nitrogen and oxygen atoms in total. The van der Waals surface area contributed by atoms with E-state index in [-0.39, 0.29) is 5.75 Å². The summed E-state index contributed by atoms with van der Waals surface area (Å²) < 4.78 is 27.6. The number of rotatable bonds is 5. The number of hydrogen-bond donors (Lipinski definition) is 1. The van der Waals surface area contributed by atoms with Crippen molar-refractivity contribution in [1.82, 2.24) is 19.2 Å². The standard InChI is InChI=1S/C10H18N4O2S/c1-2-11-4-8-17(15,16)14-7-6-13-5-3-12-10(13)9-14/h3,5,11H,2,4,6-9H2,1H3. The molecule has 2 heterocycles. The number of fused-ring (bicyclic) bond motifs is 1. The summed E-state index contributed by atoms with van der Waals surface area (Å²) in [7, 11) is -3.16. The smallest absolute Gasteiger partial charge is 0.215 e. The first-order chi connectivity index (χ1) is 8.13. The lowest BCUT2D eigenvalue weighted by Crippen LogP contribution is -2.41. The predicted molar refractivity (Wildman–Crippen MR) is 65.0 cm³/mol. The highest BCUT2D eigenvalue weighted by atomic mass is 32.2. The van der Waals surface area contributed by atoms with Crippen molar-refractivity contribution in [2.24, 2.45) is 0 Å². The molecule has 1 aliphatic heterocycles. The third-order valence-electron chi connectivity index (χ3n) is 2.89. The number of nitrogens with zero attached hydrogens (tertiary/aromatic N) is 3. The van der Waals surface area contributed by atoms with Crippen LogP contribution in [-0.4, -0.2) is 47.7 Å². The average Bonchev–Trinajstić information content (AvgIpc) is 2.76. The predicted octanol–water partition coefficient (Wildman–Crippen LogP) is -0.362. The SMILES string of the molecule is CCNCCS(=O)(=O)N1CCn2ccnc2C1. The minimum atomic E-state index is -3.16. The van der Waals surface area contributed by atoms with Crippen LogP contribution in [-0.2, 0) is 23.1 Å². The van der Waals surface area contributed by atoms with E-state index >= 15 is 0 Å². The zero-order valence-electron chi connectivity index (χ0n) is 9.96. The van der Waals surface area contributed by atoms with Gasteiger partial charge in [0.2, 0.25) is 10.0 Å². The van der Waals surface area contributed by atoms with Crippen LogP contribution in [0.1, 0.15) is 12.7 Å². The lowest BCUT2D eigenvalue weighted by Gasteiger charge is -2.26. The van der Waals surface area contributed by atoms with Crippen molar-refractivity contribution in [3.8, 4) is 0 Å². The molecule has 0 saturated heterocycles. The Kier molecular flexibility index (Phi) is 3.80. The maximum atomic E-state index is 12.0. The van der Waals surface area contributed by atoms with Crippen LogP contribution in [0.3, 0.4) is 0 Å². The van der Waals surface area contributed by atoms with Gasteiger partial charge in [0.1, 0.15) is 5.82 Å². The Morgan fingerprint density at radius 3 is 3.06 bits per heavy atom. The summed E-state index contributed by atoms with van der Waals surface area (Å²) >= 11 is 0. The van der Waals surface area contributed by atoms with Crippen molar-refractivity contribution < 1.29 is 8.42 Å². The van der Waals surface area contributed by atoms with E-state index < -0.39 is 10.0 Å². The molecular weight excluding hydrogens is 240 g/mol. The minimum Gasteiger partial charge on any atom is -0.333 e. The topological polar surface area (TPSA) is 67.2 Å². The summed E-state index contributed by atoms with van der Waals surface area (Å²) in [5.74, 6) is 0.977. The van der Waals surface area contributed by atoms with Gasteiger partial charge >= 0.3 is 0 Å². The second kappa shape index (κ2) is 5.16. The zero-order chi connectivity index (χ0) is 12.3. The number of sulfonamides is 1. The lowest BCUT2D eigenvalue weighted by atomic mass is 10.4. The highest BCUT2D eigenvalue weighted by Gasteiger charge is 2.26. The summed E-state index contributed by atoms with van der Waals surface area (Å²) in [5.41, 5.74) is 0. The van der Waals surface area contributed by atoms with E-state index in [9.17, 15) is 8.42 Å². The average molecular weight is 258 g/mol. The quantitative estimate of drug-likeness (QED) is 0.732. The number of hydrogen-bond acceptors (Lipinski definition) is 4. The molecule has 0 amide bonds. The highest BCUT2D eigenvalue weighted by molar-refractivity contribution is 7.89. The summed E-state index contributed by atoms with van der Waals surface area (Å²) in [5, 5.41) is 3.03. The van der Waals surface area contributed by atoms with Gasteiger partial charge in [0.15, 0.2) is 0 Å². The molecule has 2 rings (SSSR count). The Bertz CT molecular complexity index is 468. The molecule has 0 unspecified atom stereocenters. The van der Waals surface area contributed by atoms with Gasteiger partial charge in [-0.25, -0.2) is 13.4 Å². The molecule has 0 radical (unpaired) electrons. The van der Waals surface area contributed by atoms with E-state index in [1.807, 2.05) is 17.7 Å². The summed E-state index contributed by atoms with van der Waals surface area (Å²) in [4.78, 5) is 4.16. The summed E-state index contributed by atoms with van der Waals surface area (Å²) in [6, 6.07) is 0. The first-order valence-corrected chi connectivity index (χ1v) is 7.43. The fourth-order valence-electron chi connectivity index (χ4n) is 1.90. The van der Waals surface area contributed by atoms with Gasteiger partial charge < -0.3 is 9.88 Å². The number of nitrogens with one attached hydrogen (secondary N) is 1. The van der Waals surface area contributed by atoms with Gasteiger partial charge in [-0.1, -0.05) is 6.92 Å². The summed E-state index contributed by atoms with van der Waals surface area (Å²) in [6.45, 7) is 4.88. The largest absolute Gasteiger partial charge is 0.333 e. The van der Waals surface area contributed by atoms with E-state index in [0.717, 1.165) is 12.4 Å². The third kappa shape index (κ3) is 2.85. The van der Waals surface area contributed by atoms with Crippen LogP contribution in [0, 0.1) is 0 Å². The normalized spacial score (nSPS) is 17.0. The van der Waals surface area contributed by atoms with Crippen LogP contribution in [0.4, 0.5) is 0 Å². The van der Waals surface area contributed by atoms with Crippen LogP contribution in [0.15, 0.2) is 12.4 Å². The van der Waals surface area contributed by atoms with Crippen LogP contribution >= 0.6 is 0 Å². The molecule has 96 valence electrons. The number of aromatic nitrogens is 2. The fourth-order valence-corrected chi connectivity index (χ4v) is 3.23. The second-order valence-electron chi connectivity index (χ2n) is 4.04. The van der Waals surface area contributed by atoms with Crippen LogP contribution in [0.25, 0.3) is 0 Å². The van der Waals surface area contributed by atoms with Crippen LogP contribution in [0.2, 0.25) is 0 Å². The van der Waals surface area contributed by atoms with Crippen molar-refractivity contribution in [1.29, 1.82) is 0 Å². The molecule has 0 spiro atoms. The zero-order valence-corrected chi connectivity index (χ0v) is 10.8. The van der Waals surface area contributed by atoms with E-state index in [4.69, 9.17) is 0 Å². The van der Waals surface area contributed by atoms with Gasteiger partial charge in [-0.15, -0.1) is 0 Å². The van der Waals surface area contributed by atoms with E-state index in [1.54, 1.807) is 6.20 Å². The number of imidazole rings is 1. The Labute approximate surface area is 102 Å². The second-order valence-corrected chi connectivity index (χ2v) is 6.13. The molecule has 1 aliphatic rings. The Morgan fingerprint density at radius 1 is 1.47 bits per heavy atom.